The lowest BCUT2D eigenvalue weighted by Crippen LogP contribution is -2.17. The zero-order valence-corrected chi connectivity index (χ0v) is 12.1. The van der Waals surface area contributed by atoms with Crippen molar-refractivity contribution in [1.29, 1.82) is 0 Å². The number of nitrogens with two attached hydrogens (primary N) is 1. The Hall–Kier alpha value is -3.41. The third-order valence-corrected chi connectivity index (χ3v) is 2.99. The molecule has 1 aromatic heterocycles. The Kier molecular flexibility index (Phi) is 4.15. The summed E-state index contributed by atoms with van der Waals surface area (Å²) in [5, 5.41) is 2.71. The Bertz CT molecular complexity index is 807. The van der Waals surface area contributed by atoms with Crippen molar-refractivity contribution in [2.24, 2.45) is 0 Å². The van der Waals surface area contributed by atoms with Crippen LogP contribution in [0, 0.1) is 0 Å². The number of nitrogens with zero attached hydrogens (tertiary/aromatic N) is 2. The van der Waals surface area contributed by atoms with Crippen LogP contribution >= 0.6 is 0 Å². The van der Waals surface area contributed by atoms with Gasteiger partial charge in [-0.1, -0.05) is 36.4 Å². The number of nitrogens with one attached hydrogen (secondary N) is 1. The van der Waals surface area contributed by atoms with E-state index in [0.717, 1.165) is 0 Å². The van der Waals surface area contributed by atoms with Crippen LogP contribution in [0.2, 0.25) is 0 Å². The van der Waals surface area contributed by atoms with E-state index < -0.39 is 5.91 Å². The lowest BCUT2D eigenvalue weighted by atomic mass is 10.3. The van der Waals surface area contributed by atoms with E-state index in [2.05, 4.69) is 15.3 Å². The average molecular weight is 306 g/mol. The first kappa shape index (κ1) is 14.5. The molecule has 0 atom stereocenters. The minimum atomic E-state index is -0.445. The molecular formula is C17H14N4O2. The molecule has 3 N–H and O–H groups in total. The van der Waals surface area contributed by atoms with E-state index in [9.17, 15) is 4.79 Å². The molecule has 6 heteroatoms. The summed E-state index contributed by atoms with van der Waals surface area (Å²) >= 11 is 0. The second kappa shape index (κ2) is 6.57. The van der Waals surface area contributed by atoms with Crippen LogP contribution in [-0.2, 0) is 0 Å². The van der Waals surface area contributed by atoms with Crippen LogP contribution in [-0.4, -0.2) is 15.9 Å². The molecule has 1 amide bonds. The van der Waals surface area contributed by atoms with Gasteiger partial charge >= 0.3 is 0 Å². The molecule has 3 aromatic rings. The third-order valence-electron chi connectivity index (χ3n) is 2.99. The fourth-order valence-corrected chi connectivity index (χ4v) is 1.92. The molecule has 0 aliphatic heterocycles. The molecule has 0 aliphatic carbocycles. The van der Waals surface area contributed by atoms with Crippen molar-refractivity contribution in [3.63, 3.8) is 0 Å². The first-order chi connectivity index (χ1) is 11.2. The molecule has 0 fully saturated rings. The number of benzene rings is 2. The van der Waals surface area contributed by atoms with Crippen molar-refractivity contribution < 1.29 is 9.53 Å². The number of ether oxygens (including phenoxy) is 1. The van der Waals surface area contributed by atoms with E-state index in [1.54, 1.807) is 24.3 Å². The third kappa shape index (κ3) is 3.62. The summed E-state index contributed by atoms with van der Waals surface area (Å²) in [6.45, 7) is 0. The predicted octanol–water partition coefficient (Wildman–Crippen LogP) is 3.10. The van der Waals surface area contributed by atoms with E-state index in [1.165, 1.54) is 6.20 Å². The molecule has 0 spiro atoms. The van der Waals surface area contributed by atoms with E-state index in [0.29, 0.717) is 11.4 Å². The highest BCUT2D eigenvalue weighted by Gasteiger charge is 2.15. The molecule has 1 heterocycles. The van der Waals surface area contributed by atoms with Crippen molar-refractivity contribution >= 4 is 17.4 Å². The second-order valence-electron chi connectivity index (χ2n) is 4.68. The van der Waals surface area contributed by atoms with Crippen LogP contribution in [0.5, 0.6) is 11.6 Å². The number of carbonyl (C=O) groups is 1. The number of amides is 1. The first-order valence-electron chi connectivity index (χ1n) is 6.94. The molecule has 6 nitrogen and oxygen atoms in total. The lowest BCUT2D eigenvalue weighted by Gasteiger charge is -2.09. The van der Waals surface area contributed by atoms with E-state index in [4.69, 9.17) is 10.5 Å². The zero-order valence-electron chi connectivity index (χ0n) is 12.1. The van der Waals surface area contributed by atoms with Gasteiger partial charge < -0.3 is 15.8 Å². The van der Waals surface area contributed by atoms with Gasteiger partial charge in [-0.3, -0.25) is 4.79 Å². The van der Waals surface area contributed by atoms with Gasteiger partial charge in [-0.05, 0) is 24.3 Å². The van der Waals surface area contributed by atoms with E-state index in [1.807, 2.05) is 36.4 Å². The molecule has 0 bridgehead atoms. The monoisotopic (exact) mass is 306 g/mol. The Labute approximate surface area is 133 Å². The number of rotatable bonds is 4. The standard InChI is InChI=1S/C17H14N4O2/c18-16-15(17(22)20-12-7-3-1-4-8-12)21-14(11-19-16)23-13-9-5-2-6-10-13/h1-11H,(H2,18,19)(H,20,22). The molecule has 0 radical (unpaired) electrons. The molecule has 0 saturated heterocycles. The van der Waals surface area contributed by atoms with Crippen LogP contribution in [0.3, 0.4) is 0 Å². The number of hydrogen-bond acceptors (Lipinski definition) is 5. The van der Waals surface area contributed by atoms with Gasteiger partial charge in [0.25, 0.3) is 5.91 Å². The number of anilines is 2. The molecule has 0 saturated carbocycles. The van der Waals surface area contributed by atoms with Crippen LogP contribution in [0.4, 0.5) is 11.5 Å². The van der Waals surface area contributed by atoms with Gasteiger partial charge in [0.1, 0.15) is 5.75 Å². The summed E-state index contributed by atoms with van der Waals surface area (Å²) in [5.41, 5.74) is 6.41. The number of nitrogen functional groups attached to an aromatic ring is 1. The van der Waals surface area contributed by atoms with Crippen molar-refractivity contribution in [2.45, 2.75) is 0 Å². The Morgan fingerprint density at radius 1 is 1.00 bits per heavy atom. The molecule has 3 rings (SSSR count). The molecule has 0 unspecified atom stereocenters. The summed E-state index contributed by atoms with van der Waals surface area (Å²) in [4.78, 5) is 20.4. The fourth-order valence-electron chi connectivity index (χ4n) is 1.92. The van der Waals surface area contributed by atoms with Gasteiger partial charge in [0.05, 0.1) is 6.20 Å². The molecule has 23 heavy (non-hydrogen) atoms. The Morgan fingerprint density at radius 2 is 1.65 bits per heavy atom. The largest absolute Gasteiger partial charge is 0.437 e. The zero-order chi connectivity index (χ0) is 16.1. The van der Waals surface area contributed by atoms with Gasteiger partial charge in [0, 0.05) is 5.69 Å². The first-order valence-corrected chi connectivity index (χ1v) is 6.94. The van der Waals surface area contributed by atoms with E-state index >= 15 is 0 Å². The highest BCUT2D eigenvalue weighted by Crippen LogP contribution is 2.20. The highest BCUT2D eigenvalue weighted by atomic mass is 16.5. The maximum Gasteiger partial charge on any atom is 0.278 e. The van der Waals surface area contributed by atoms with Crippen LogP contribution in [0.25, 0.3) is 0 Å². The second-order valence-corrected chi connectivity index (χ2v) is 4.68. The molecule has 114 valence electrons. The van der Waals surface area contributed by atoms with Gasteiger partial charge in [-0.25, -0.2) is 9.97 Å². The van der Waals surface area contributed by atoms with E-state index in [-0.39, 0.29) is 17.4 Å². The number of aromatic nitrogens is 2. The number of carbonyl (C=O) groups excluding carboxylic acids is 1. The van der Waals surface area contributed by atoms with Gasteiger partial charge in [0.2, 0.25) is 5.88 Å². The highest BCUT2D eigenvalue weighted by molar-refractivity contribution is 6.05. The summed E-state index contributed by atoms with van der Waals surface area (Å²) in [6, 6.07) is 18.1. The minimum Gasteiger partial charge on any atom is -0.437 e. The SMILES string of the molecule is Nc1ncc(Oc2ccccc2)nc1C(=O)Nc1ccccc1. The molecule has 2 aromatic carbocycles. The maximum atomic E-state index is 12.3. The summed E-state index contributed by atoms with van der Waals surface area (Å²) in [6.07, 6.45) is 1.38. The van der Waals surface area contributed by atoms with Gasteiger partial charge in [0.15, 0.2) is 11.5 Å². The number of hydrogen-bond donors (Lipinski definition) is 2. The van der Waals surface area contributed by atoms with Crippen LogP contribution < -0.4 is 15.8 Å². The molecular weight excluding hydrogens is 292 g/mol. The van der Waals surface area contributed by atoms with Crippen molar-refractivity contribution in [3.8, 4) is 11.6 Å². The summed E-state index contributed by atoms with van der Waals surface area (Å²) < 4.78 is 5.57. The van der Waals surface area contributed by atoms with Crippen molar-refractivity contribution in [1.82, 2.24) is 9.97 Å². The fraction of sp³-hybridized carbons (Fsp3) is 0. The summed E-state index contributed by atoms with van der Waals surface area (Å²) in [5.74, 6) is 0.392. The molecule has 0 aliphatic rings. The van der Waals surface area contributed by atoms with Gasteiger partial charge in [-0.15, -0.1) is 0 Å². The number of para-hydroxylation sites is 2. The van der Waals surface area contributed by atoms with Gasteiger partial charge in [-0.2, -0.15) is 0 Å². The topological polar surface area (TPSA) is 90.1 Å². The van der Waals surface area contributed by atoms with Crippen molar-refractivity contribution in [3.05, 3.63) is 72.6 Å². The predicted molar refractivity (Wildman–Crippen MR) is 87.4 cm³/mol. The quantitative estimate of drug-likeness (QED) is 0.773. The maximum absolute atomic E-state index is 12.3. The van der Waals surface area contributed by atoms with Crippen molar-refractivity contribution in [2.75, 3.05) is 11.1 Å². The smallest absolute Gasteiger partial charge is 0.278 e. The lowest BCUT2D eigenvalue weighted by molar-refractivity contribution is 0.102. The Balaban J connectivity index is 1.81. The Morgan fingerprint density at radius 3 is 2.35 bits per heavy atom. The minimum absolute atomic E-state index is 0.0160. The normalized spacial score (nSPS) is 10.1. The van der Waals surface area contributed by atoms with Crippen LogP contribution in [0.15, 0.2) is 66.9 Å². The summed E-state index contributed by atoms with van der Waals surface area (Å²) in [7, 11) is 0. The van der Waals surface area contributed by atoms with Crippen LogP contribution in [0.1, 0.15) is 10.5 Å². The average Bonchev–Trinajstić information content (AvgIpc) is 2.58.